The second-order valence-electron chi connectivity index (χ2n) is 5.42. The van der Waals surface area contributed by atoms with E-state index in [0.717, 1.165) is 31.7 Å². The minimum atomic E-state index is 0.243. The molecule has 1 aliphatic rings. The molecule has 106 valence electrons. The van der Waals surface area contributed by atoms with Crippen LogP contribution in [0.2, 0.25) is 0 Å². The van der Waals surface area contributed by atoms with E-state index < -0.39 is 0 Å². The van der Waals surface area contributed by atoms with Gasteiger partial charge in [0.05, 0.1) is 13.7 Å². The first-order valence-electron chi connectivity index (χ1n) is 7.23. The van der Waals surface area contributed by atoms with Crippen molar-refractivity contribution in [3.63, 3.8) is 0 Å². The van der Waals surface area contributed by atoms with E-state index in [1.165, 1.54) is 16.3 Å². The normalized spacial score (nSPS) is 19.6. The number of ether oxygens (including phenoxy) is 1. The Kier molecular flexibility index (Phi) is 3.90. The molecule has 1 N–H and O–H groups in total. The molecule has 0 aromatic heterocycles. The number of hydrogen-bond acceptors (Lipinski definition) is 3. The van der Waals surface area contributed by atoms with Gasteiger partial charge in [-0.3, -0.25) is 4.90 Å². The van der Waals surface area contributed by atoms with Crippen molar-refractivity contribution in [2.45, 2.75) is 25.4 Å². The van der Waals surface area contributed by atoms with Crippen LogP contribution in [0.25, 0.3) is 10.8 Å². The highest BCUT2D eigenvalue weighted by atomic mass is 16.5. The van der Waals surface area contributed by atoms with Crippen molar-refractivity contribution >= 4 is 10.8 Å². The van der Waals surface area contributed by atoms with Gasteiger partial charge in [0.25, 0.3) is 0 Å². The van der Waals surface area contributed by atoms with E-state index in [0.29, 0.717) is 6.04 Å². The third-order valence-electron chi connectivity index (χ3n) is 4.29. The molecule has 1 atom stereocenters. The molecule has 0 amide bonds. The van der Waals surface area contributed by atoms with Gasteiger partial charge < -0.3 is 9.84 Å². The number of methoxy groups -OCH3 is 1. The molecule has 0 aliphatic carbocycles. The number of aliphatic hydroxyl groups is 1. The zero-order valence-corrected chi connectivity index (χ0v) is 11.9. The summed E-state index contributed by atoms with van der Waals surface area (Å²) in [6.07, 6.45) is 2.25. The average Bonchev–Trinajstić information content (AvgIpc) is 2.95. The zero-order valence-electron chi connectivity index (χ0n) is 11.9. The van der Waals surface area contributed by atoms with E-state index in [9.17, 15) is 5.11 Å². The molecule has 1 aliphatic heterocycles. The number of fused-ring (bicyclic) bond motifs is 1. The lowest BCUT2D eigenvalue weighted by atomic mass is 10.0. The summed E-state index contributed by atoms with van der Waals surface area (Å²) in [5.74, 6) is 0.937. The Labute approximate surface area is 119 Å². The summed E-state index contributed by atoms with van der Waals surface area (Å²) in [7, 11) is 1.72. The number of likely N-dealkylation sites (tertiary alicyclic amines) is 1. The SMILES string of the molecule is COc1ccc2ccccc2c1CN1CCC[C@@H]1CO. The monoisotopic (exact) mass is 271 g/mol. The second kappa shape index (κ2) is 5.81. The van der Waals surface area contributed by atoms with Crippen molar-refractivity contribution in [3.8, 4) is 5.75 Å². The first-order chi connectivity index (χ1) is 9.83. The van der Waals surface area contributed by atoms with Gasteiger partial charge in [0, 0.05) is 18.2 Å². The lowest BCUT2D eigenvalue weighted by Gasteiger charge is -2.24. The zero-order chi connectivity index (χ0) is 13.9. The maximum absolute atomic E-state index is 9.48. The lowest BCUT2D eigenvalue weighted by molar-refractivity contribution is 0.153. The average molecular weight is 271 g/mol. The van der Waals surface area contributed by atoms with Crippen LogP contribution in [0.3, 0.4) is 0 Å². The summed E-state index contributed by atoms with van der Waals surface area (Å²) >= 11 is 0. The first kappa shape index (κ1) is 13.4. The molecule has 0 spiro atoms. The van der Waals surface area contributed by atoms with E-state index in [4.69, 9.17) is 4.74 Å². The summed E-state index contributed by atoms with van der Waals surface area (Å²) < 4.78 is 5.54. The van der Waals surface area contributed by atoms with Crippen molar-refractivity contribution < 1.29 is 9.84 Å². The van der Waals surface area contributed by atoms with Crippen molar-refractivity contribution in [2.24, 2.45) is 0 Å². The van der Waals surface area contributed by atoms with Crippen LogP contribution in [-0.4, -0.2) is 36.3 Å². The van der Waals surface area contributed by atoms with Crippen LogP contribution in [0.5, 0.6) is 5.75 Å². The Bertz CT molecular complexity index is 597. The summed E-state index contributed by atoms with van der Waals surface area (Å²) in [6.45, 7) is 2.14. The van der Waals surface area contributed by atoms with Gasteiger partial charge >= 0.3 is 0 Å². The van der Waals surface area contributed by atoms with E-state index in [2.05, 4.69) is 35.2 Å². The van der Waals surface area contributed by atoms with Gasteiger partial charge in [-0.2, -0.15) is 0 Å². The summed E-state index contributed by atoms with van der Waals surface area (Å²) in [5, 5.41) is 12.0. The number of nitrogens with zero attached hydrogens (tertiary/aromatic N) is 1. The molecule has 0 bridgehead atoms. The predicted octanol–water partition coefficient (Wildman–Crippen LogP) is 2.81. The molecular formula is C17H21NO2. The molecular weight excluding hydrogens is 250 g/mol. The van der Waals surface area contributed by atoms with Crippen LogP contribution in [0, 0.1) is 0 Å². The van der Waals surface area contributed by atoms with Gasteiger partial charge in [0.15, 0.2) is 0 Å². The van der Waals surface area contributed by atoms with Crippen molar-refractivity contribution in [2.75, 3.05) is 20.3 Å². The molecule has 1 saturated heterocycles. The minimum absolute atomic E-state index is 0.243. The van der Waals surface area contributed by atoms with Crippen LogP contribution in [0.4, 0.5) is 0 Å². The largest absolute Gasteiger partial charge is 0.496 e. The highest BCUT2D eigenvalue weighted by Gasteiger charge is 2.25. The molecule has 0 unspecified atom stereocenters. The Morgan fingerprint density at radius 1 is 1.25 bits per heavy atom. The Balaban J connectivity index is 2.00. The lowest BCUT2D eigenvalue weighted by Crippen LogP contribution is -2.31. The first-order valence-corrected chi connectivity index (χ1v) is 7.23. The van der Waals surface area contributed by atoms with Crippen molar-refractivity contribution in [3.05, 3.63) is 42.0 Å². The molecule has 1 heterocycles. The van der Waals surface area contributed by atoms with Crippen LogP contribution in [0.1, 0.15) is 18.4 Å². The van der Waals surface area contributed by atoms with Crippen molar-refractivity contribution in [1.82, 2.24) is 4.90 Å². The molecule has 3 heteroatoms. The standard InChI is InChI=1S/C17H21NO2/c1-20-17-9-8-13-5-2-3-7-15(13)16(17)11-18-10-4-6-14(18)12-19/h2-3,5,7-9,14,19H,4,6,10-12H2,1H3/t14-/m1/s1. The van der Waals surface area contributed by atoms with Gasteiger partial charge in [0.2, 0.25) is 0 Å². The third-order valence-corrected chi connectivity index (χ3v) is 4.29. The van der Waals surface area contributed by atoms with Gasteiger partial charge in [-0.1, -0.05) is 30.3 Å². The topological polar surface area (TPSA) is 32.7 Å². The van der Waals surface area contributed by atoms with Crippen LogP contribution >= 0.6 is 0 Å². The maximum atomic E-state index is 9.48. The Morgan fingerprint density at radius 2 is 2.10 bits per heavy atom. The number of rotatable bonds is 4. The highest BCUT2D eigenvalue weighted by molar-refractivity contribution is 5.87. The van der Waals surface area contributed by atoms with Crippen molar-refractivity contribution in [1.29, 1.82) is 0 Å². The van der Waals surface area contributed by atoms with E-state index in [1.54, 1.807) is 7.11 Å². The molecule has 3 rings (SSSR count). The molecule has 3 nitrogen and oxygen atoms in total. The quantitative estimate of drug-likeness (QED) is 0.928. The fraction of sp³-hybridized carbons (Fsp3) is 0.412. The summed E-state index contributed by atoms with van der Waals surface area (Å²) in [4.78, 5) is 2.37. The van der Waals surface area contributed by atoms with Crippen LogP contribution < -0.4 is 4.74 Å². The summed E-state index contributed by atoms with van der Waals surface area (Å²) in [6, 6.07) is 12.8. The predicted molar refractivity (Wildman–Crippen MR) is 81.0 cm³/mol. The highest BCUT2D eigenvalue weighted by Crippen LogP contribution is 2.31. The van der Waals surface area contributed by atoms with Gasteiger partial charge in [-0.05, 0) is 36.2 Å². The summed E-state index contributed by atoms with van der Waals surface area (Å²) in [5.41, 5.74) is 1.23. The van der Waals surface area contributed by atoms with E-state index in [-0.39, 0.29) is 6.61 Å². The third kappa shape index (κ3) is 2.39. The molecule has 0 radical (unpaired) electrons. The van der Waals surface area contributed by atoms with Gasteiger partial charge in [-0.25, -0.2) is 0 Å². The molecule has 2 aromatic rings. The molecule has 20 heavy (non-hydrogen) atoms. The van der Waals surface area contributed by atoms with E-state index in [1.807, 2.05) is 6.07 Å². The van der Waals surface area contributed by atoms with Gasteiger partial charge in [-0.15, -0.1) is 0 Å². The smallest absolute Gasteiger partial charge is 0.123 e. The second-order valence-corrected chi connectivity index (χ2v) is 5.42. The number of aliphatic hydroxyl groups excluding tert-OH is 1. The van der Waals surface area contributed by atoms with Gasteiger partial charge in [0.1, 0.15) is 5.75 Å². The van der Waals surface area contributed by atoms with Crippen LogP contribution in [-0.2, 0) is 6.54 Å². The van der Waals surface area contributed by atoms with Crippen LogP contribution in [0.15, 0.2) is 36.4 Å². The Morgan fingerprint density at radius 3 is 2.90 bits per heavy atom. The minimum Gasteiger partial charge on any atom is -0.496 e. The maximum Gasteiger partial charge on any atom is 0.123 e. The van der Waals surface area contributed by atoms with E-state index >= 15 is 0 Å². The number of hydrogen-bond donors (Lipinski definition) is 1. The fourth-order valence-electron chi connectivity index (χ4n) is 3.18. The molecule has 2 aromatic carbocycles. The Hall–Kier alpha value is -1.58. The fourth-order valence-corrected chi connectivity index (χ4v) is 3.18. The number of benzene rings is 2. The molecule has 1 fully saturated rings. The molecule has 0 saturated carbocycles.